The molecule has 1 aromatic carbocycles. The summed E-state index contributed by atoms with van der Waals surface area (Å²) in [6.07, 6.45) is 6.27. The maximum absolute atomic E-state index is 12.1. The van der Waals surface area contributed by atoms with Crippen molar-refractivity contribution >= 4 is 11.6 Å². The molecule has 0 aliphatic heterocycles. The van der Waals surface area contributed by atoms with Crippen LogP contribution in [0.4, 0.5) is 5.69 Å². The van der Waals surface area contributed by atoms with Crippen LogP contribution in [0, 0.1) is 12.8 Å². The Morgan fingerprint density at radius 2 is 2.10 bits per heavy atom. The zero-order chi connectivity index (χ0) is 14.4. The van der Waals surface area contributed by atoms with Crippen LogP contribution in [0.25, 0.3) is 0 Å². The third-order valence-electron chi connectivity index (χ3n) is 4.11. The number of anilines is 1. The second-order valence-electron chi connectivity index (χ2n) is 5.80. The summed E-state index contributed by atoms with van der Waals surface area (Å²) in [6, 6.07) is 5.96. The molecule has 2 N–H and O–H groups in total. The minimum atomic E-state index is 0.0591. The van der Waals surface area contributed by atoms with Gasteiger partial charge in [0.1, 0.15) is 0 Å². The smallest absolute Gasteiger partial charge is 0.251 e. The summed E-state index contributed by atoms with van der Waals surface area (Å²) < 4.78 is 0. The predicted molar refractivity (Wildman–Crippen MR) is 84.3 cm³/mol. The molecule has 1 amide bonds. The van der Waals surface area contributed by atoms with E-state index in [1.165, 1.54) is 19.3 Å². The highest BCUT2D eigenvalue weighted by molar-refractivity contribution is 5.96. The van der Waals surface area contributed by atoms with E-state index in [4.69, 9.17) is 0 Å². The number of carbonyl (C=O) groups excluding carboxylic acids is 1. The molecule has 0 heterocycles. The van der Waals surface area contributed by atoms with Crippen LogP contribution in [-0.4, -0.2) is 19.0 Å². The van der Waals surface area contributed by atoms with Gasteiger partial charge in [0, 0.05) is 24.3 Å². The number of hydrogen-bond donors (Lipinski definition) is 2. The summed E-state index contributed by atoms with van der Waals surface area (Å²) >= 11 is 0. The van der Waals surface area contributed by atoms with E-state index >= 15 is 0 Å². The Balaban J connectivity index is 1.84. The molecular weight excluding hydrogens is 248 g/mol. The van der Waals surface area contributed by atoms with E-state index in [-0.39, 0.29) is 5.91 Å². The van der Waals surface area contributed by atoms with E-state index in [2.05, 4.69) is 23.6 Å². The van der Waals surface area contributed by atoms with Gasteiger partial charge in [0.05, 0.1) is 0 Å². The van der Waals surface area contributed by atoms with Crippen molar-refractivity contribution in [2.45, 2.75) is 46.0 Å². The molecule has 3 nitrogen and oxygen atoms in total. The molecule has 20 heavy (non-hydrogen) atoms. The monoisotopic (exact) mass is 274 g/mol. The van der Waals surface area contributed by atoms with E-state index in [1.54, 1.807) is 0 Å². The summed E-state index contributed by atoms with van der Waals surface area (Å²) in [5.74, 6) is 0.904. The molecule has 0 bridgehead atoms. The van der Waals surface area contributed by atoms with E-state index in [0.29, 0.717) is 0 Å². The quantitative estimate of drug-likeness (QED) is 0.795. The second-order valence-corrected chi connectivity index (χ2v) is 5.80. The van der Waals surface area contributed by atoms with Crippen LogP contribution >= 0.6 is 0 Å². The average Bonchev–Trinajstić information content (AvgIpc) is 2.39. The summed E-state index contributed by atoms with van der Waals surface area (Å²) in [5, 5.41) is 6.39. The molecule has 0 spiro atoms. The van der Waals surface area contributed by atoms with Crippen LogP contribution in [0.15, 0.2) is 18.2 Å². The first-order valence-corrected chi connectivity index (χ1v) is 7.83. The molecule has 1 fully saturated rings. The van der Waals surface area contributed by atoms with Gasteiger partial charge >= 0.3 is 0 Å². The molecule has 1 aliphatic rings. The summed E-state index contributed by atoms with van der Waals surface area (Å²) in [5.41, 5.74) is 2.92. The number of amides is 1. The lowest BCUT2D eigenvalue weighted by Gasteiger charge is -2.25. The van der Waals surface area contributed by atoms with Gasteiger partial charge in [-0.1, -0.05) is 26.2 Å². The lowest BCUT2D eigenvalue weighted by atomic mass is 9.83. The van der Waals surface area contributed by atoms with Crippen LogP contribution in [0.2, 0.25) is 0 Å². The molecule has 110 valence electrons. The van der Waals surface area contributed by atoms with Gasteiger partial charge in [-0.2, -0.15) is 0 Å². The molecule has 0 atom stereocenters. The fourth-order valence-electron chi connectivity index (χ4n) is 2.56. The number of carbonyl (C=O) groups is 1. The molecule has 1 aliphatic carbocycles. The first-order chi connectivity index (χ1) is 9.70. The maximum atomic E-state index is 12.1. The molecule has 0 radical (unpaired) electrons. The minimum absolute atomic E-state index is 0.0591. The fraction of sp³-hybridized carbons (Fsp3) is 0.588. The van der Waals surface area contributed by atoms with Crippen molar-refractivity contribution in [1.82, 2.24) is 5.32 Å². The molecule has 3 heteroatoms. The number of benzene rings is 1. The topological polar surface area (TPSA) is 41.1 Å². The van der Waals surface area contributed by atoms with E-state index < -0.39 is 0 Å². The molecule has 0 saturated heterocycles. The highest BCUT2D eigenvalue weighted by Crippen LogP contribution is 2.28. The predicted octanol–water partition coefficient (Wildman–Crippen LogP) is 3.74. The molecule has 0 aromatic heterocycles. The lowest BCUT2D eigenvalue weighted by Crippen LogP contribution is -2.27. The molecule has 1 saturated carbocycles. The van der Waals surface area contributed by atoms with Crippen molar-refractivity contribution in [2.24, 2.45) is 5.92 Å². The standard InChI is InChI=1S/C17H26N2O/c1-3-10-18-15-7-8-16(13(2)12-15)17(20)19-11-9-14-5-4-6-14/h7-8,12,14,18H,3-6,9-11H2,1-2H3,(H,19,20). The fourth-order valence-corrected chi connectivity index (χ4v) is 2.56. The van der Waals surface area contributed by atoms with Crippen molar-refractivity contribution in [3.05, 3.63) is 29.3 Å². The van der Waals surface area contributed by atoms with Gasteiger partial charge in [0.2, 0.25) is 0 Å². The molecule has 0 unspecified atom stereocenters. The largest absolute Gasteiger partial charge is 0.385 e. The first-order valence-electron chi connectivity index (χ1n) is 7.83. The van der Waals surface area contributed by atoms with Crippen LogP contribution in [0.3, 0.4) is 0 Å². The summed E-state index contributed by atoms with van der Waals surface area (Å²) in [7, 11) is 0. The Kier molecular flexibility index (Phi) is 5.45. The van der Waals surface area contributed by atoms with Crippen LogP contribution < -0.4 is 10.6 Å². The second kappa shape index (κ2) is 7.32. The molecule has 2 rings (SSSR count). The number of aryl methyl sites for hydroxylation is 1. The normalized spacial score (nSPS) is 14.7. The number of hydrogen-bond acceptors (Lipinski definition) is 2. The zero-order valence-electron chi connectivity index (χ0n) is 12.7. The van der Waals surface area contributed by atoms with Gasteiger partial charge in [-0.05, 0) is 49.4 Å². The zero-order valence-corrected chi connectivity index (χ0v) is 12.7. The van der Waals surface area contributed by atoms with E-state index in [9.17, 15) is 4.79 Å². The van der Waals surface area contributed by atoms with Gasteiger partial charge in [-0.15, -0.1) is 0 Å². The van der Waals surface area contributed by atoms with Gasteiger partial charge in [0.25, 0.3) is 5.91 Å². The molecular formula is C17H26N2O. The van der Waals surface area contributed by atoms with Crippen LogP contribution in [0.1, 0.15) is 54.9 Å². The third-order valence-corrected chi connectivity index (χ3v) is 4.11. The minimum Gasteiger partial charge on any atom is -0.385 e. The van der Waals surface area contributed by atoms with Gasteiger partial charge in [-0.3, -0.25) is 4.79 Å². The van der Waals surface area contributed by atoms with E-state index in [0.717, 1.165) is 48.7 Å². The van der Waals surface area contributed by atoms with Gasteiger partial charge < -0.3 is 10.6 Å². The van der Waals surface area contributed by atoms with Crippen molar-refractivity contribution in [2.75, 3.05) is 18.4 Å². The average molecular weight is 274 g/mol. The number of rotatable bonds is 7. The van der Waals surface area contributed by atoms with Crippen molar-refractivity contribution < 1.29 is 4.79 Å². The Labute approximate surface area is 122 Å². The summed E-state index contributed by atoms with van der Waals surface area (Å²) in [4.78, 5) is 12.1. The van der Waals surface area contributed by atoms with Crippen LogP contribution in [0.5, 0.6) is 0 Å². The first kappa shape index (κ1) is 14.9. The van der Waals surface area contributed by atoms with Crippen molar-refractivity contribution in [3.8, 4) is 0 Å². The Bertz CT molecular complexity index is 452. The van der Waals surface area contributed by atoms with Gasteiger partial charge in [-0.25, -0.2) is 0 Å². The van der Waals surface area contributed by atoms with E-state index in [1.807, 2.05) is 19.1 Å². The Hall–Kier alpha value is -1.51. The molecule has 1 aromatic rings. The van der Waals surface area contributed by atoms with Crippen molar-refractivity contribution in [3.63, 3.8) is 0 Å². The third kappa shape index (κ3) is 3.99. The Morgan fingerprint density at radius 1 is 1.30 bits per heavy atom. The number of nitrogens with one attached hydrogen (secondary N) is 2. The van der Waals surface area contributed by atoms with Crippen LogP contribution in [-0.2, 0) is 0 Å². The SMILES string of the molecule is CCCNc1ccc(C(=O)NCCC2CCC2)c(C)c1. The highest BCUT2D eigenvalue weighted by atomic mass is 16.1. The van der Waals surface area contributed by atoms with Crippen molar-refractivity contribution in [1.29, 1.82) is 0 Å². The summed E-state index contributed by atoms with van der Waals surface area (Å²) in [6.45, 7) is 5.91. The lowest BCUT2D eigenvalue weighted by molar-refractivity contribution is 0.0948. The highest BCUT2D eigenvalue weighted by Gasteiger charge is 2.17. The Morgan fingerprint density at radius 3 is 2.70 bits per heavy atom. The van der Waals surface area contributed by atoms with Gasteiger partial charge in [0.15, 0.2) is 0 Å². The maximum Gasteiger partial charge on any atom is 0.251 e.